The number of aliphatic hydroxyl groups is 1. The number of aliphatic hydroxyl groups excluding tert-OH is 1. The zero-order valence-electron chi connectivity index (χ0n) is 11.7. The van der Waals surface area contributed by atoms with Gasteiger partial charge in [0.15, 0.2) is 17.7 Å². The van der Waals surface area contributed by atoms with Crippen LogP contribution in [0.25, 0.3) is 0 Å². The van der Waals surface area contributed by atoms with Gasteiger partial charge in [0.25, 0.3) is 5.91 Å². The van der Waals surface area contributed by atoms with E-state index in [1.165, 1.54) is 13.0 Å². The van der Waals surface area contributed by atoms with Crippen LogP contribution >= 0.6 is 0 Å². The summed E-state index contributed by atoms with van der Waals surface area (Å²) in [4.78, 5) is 11.8. The monoisotopic (exact) mass is 287 g/mol. The van der Waals surface area contributed by atoms with Gasteiger partial charge in [0, 0.05) is 18.7 Å². The summed E-state index contributed by atoms with van der Waals surface area (Å²) in [6.45, 7) is 5.03. The van der Waals surface area contributed by atoms with Crippen LogP contribution in [0.4, 0.5) is 8.78 Å². The van der Waals surface area contributed by atoms with Gasteiger partial charge in [-0.2, -0.15) is 0 Å². The Kier molecular flexibility index (Phi) is 5.88. The van der Waals surface area contributed by atoms with Crippen molar-refractivity contribution in [2.75, 3.05) is 6.61 Å². The number of benzene rings is 1. The SMILES string of the molecule is CC(Oc1ccc(F)c(F)c1)C(=O)NC(C)C(C)CO. The van der Waals surface area contributed by atoms with Gasteiger partial charge in [0.2, 0.25) is 0 Å². The molecule has 20 heavy (non-hydrogen) atoms. The number of carbonyl (C=O) groups is 1. The van der Waals surface area contributed by atoms with Gasteiger partial charge >= 0.3 is 0 Å². The fraction of sp³-hybridized carbons (Fsp3) is 0.500. The number of halogens is 2. The fourth-order valence-electron chi connectivity index (χ4n) is 1.45. The first-order chi connectivity index (χ1) is 9.35. The molecule has 112 valence electrons. The highest BCUT2D eigenvalue weighted by Gasteiger charge is 2.20. The zero-order chi connectivity index (χ0) is 15.3. The molecule has 2 N–H and O–H groups in total. The van der Waals surface area contributed by atoms with Crippen molar-refractivity contribution in [3.05, 3.63) is 29.8 Å². The van der Waals surface area contributed by atoms with Gasteiger partial charge in [0.1, 0.15) is 5.75 Å². The van der Waals surface area contributed by atoms with E-state index in [9.17, 15) is 13.6 Å². The molecule has 0 radical (unpaired) electrons. The molecular weight excluding hydrogens is 268 g/mol. The van der Waals surface area contributed by atoms with Gasteiger partial charge in [-0.25, -0.2) is 8.78 Å². The van der Waals surface area contributed by atoms with Crippen molar-refractivity contribution in [3.63, 3.8) is 0 Å². The molecule has 0 aliphatic heterocycles. The van der Waals surface area contributed by atoms with Crippen LogP contribution < -0.4 is 10.1 Å². The Morgan fingerprint density at radius 2 is 1.95 bits per heavy atom. The smallest absolute Gasteiger partial charge is 0.260 e. The van der Waals surface area contributed by atoms with E-state index in [4.69, 9.17) is 9.84 Å². The molecule has 0 aliphatic rings. The largest absolute Gasteiger partial charge is 0.481 e. The van der Waals surface area contributed by atoms with Crippen LogP contribution in [0.1, 0.15) is 20.8 Å². The molecule has 3 unspecified atom stereocenters. The molecule has 1 aromatic carbocycles. The molecular formula is C14H19F2NO3. The first kappa shape index (κ1) is 16.4. The fourth-order valence-corrected chi connectivity index (χ4v) is 1.45. The van der Waals surface area contributed by atoms with Crippen LogP contribution in [0.15, 0.2) is 18.2 Å². The van der Waals surface area contributed by atoms with Crippen molar-refractivity contribution < 1.29 is 23.4 Å². The molecule has 0 saturated carbocycles. The minimum atomic E-state index is -1.03. The third-order valence-electron chi connectivity index (χ3n) is 3.08. The molecule has 6 heteroatoms. The highest BCUT2D eigenvalue weighted by Crippen LogP contribution is 2.17. The highest BCUT2D eigenvalue weighted by atomic mass is 19.2. The summed E-state index contributed by atoms with van der Waals surface area (Å²) in [5, 5.41) is 11.7. The molecule has 0 spiro atoms. The van der Waals surface area contributed by atoms with Crippen molar-refractivity contribution >= 4 is 5.91 Å². The Morgan fingerprint density at radius 3 is 2.50 bits per heavy atom. The Labute approximate surface area is 116 Å². The average Bonchev–Trinajstić information content (AvgIpc) is 2.41. The third kappa shape index (κ3) is 4.45. The van der Waals surface area contributed by atoms with Gasteiger partial charge < -0.3 is 15.2 Å². The van der Waals surface area contributed by atoms with Gasteiger partial charge in [-0.3, -0.25) is 4.79 Å². The van der Waals surface area contributed by atoms with Crippen LogP contribution in [-0.4, -0.2) is 29.8 Å². The van der Waals surface area contributed by atoms with E-state index in [1.54, 1.807) is 13.8 Å². The second-order valence-corrected chi connectivity index (χ2v) is 4.79. The van der Waals surface area contributed by atoms with Crippen LogP contribution in [0.3, 0.4) is 0 Å². The van der Waals surface area contributed by atoms with E-state index in [0.717, 1.165) is 12.1 Å². The van der Waals surface area contributed by atoms with Gasteiger partial charge in [-0.1, -0.05) is 6.92 Å². The number of carbonyl (C=O) groups excluding carboxylic acids is 1. The summed E-state index contributed by atoms with van der Waals surface area (Å²) < 4.78 is 31.0. The van der Waals surface area contributed by atoms with Crippen molar-refractivity contribution in [2.24, 2.45) is 5.92 Å². The second-order valence-electron chi connectivity index (χ2n) is 4.79. The van der Waals surface area contributed by atoms with E-state index in [-0.39, 0.29) is 30.2 Å². The maximum absolute atomic E-state index is 13.0. The van der Waals surface area contributed by atoms with Crippen molar-refractivity contribution in [1.82, 2.24) is 5.32 Å². The average molecular weight is 287 g/mol. The number of hydrogen-bond acceptors (Lipinski definition) is 3. The summed E-state index contributed by atoms with van der Waals surface area (Å²) in [5.74, 6) is -2.40. The molecule has 1 rings (SSSR count). The van der Waals surface area contributed by atoms with E-state index in [2.05, 4.69) is 5.32 Å². The Balaban J connectivity index is 2.59. The number of nitrogens with one attached hydrogen (secondary N) is 1. The lowest BCUT2D eigenvalue weighted by Gasteiger charge is -2.22. The van der Waals surface area contributed by atoms with Gasteiger partial charge in [-0.05, 0) is 31.9 Å². The molecule has 0 bridgehead atoms. The van der Waals surface area contributed by atoms with Gasteiger partial charge in [0.05, 0.1) is 0 Å². The summed E-state index contributed by atoms with van der Waals surface area (Å²) in [6, 6.07) is 2.86. The third-order valence-corrected chi connectivity index (χ3v) is 3.08. The molecule has 1 aromatic rings. The maximum Gasteiger partial charge on any atom is 0.260 e. The zero-order valence-corrected chi connectivity index (χ0v) is 11.7. The van der Waals surface area contributed by atoms with Crippen molar-refractivity contribution in [3.8, 4) is 5.75 Å². The van der Waals surface area contributed by atoms with E-state index in [0.29, 0.717) is 0 Å². The van der Waals surface area contributed by atoms with Crippen molar-refractivity contribution in [2.45, 2.75) is 32.9 Å². The summed E-state index contributed by atoms with van der Waals surface area (Å²) in [7, 11) is 0. The molecule has 0 saturated heterocycles. The number of hydrogen-bond donors (Lipinski definition) is 2. The lowest BCUT2D eigenvalue weighted by Crippen LogP contribution is -2.44. The number of ether oxygens (including phenoxy) is 1. The summed E-state index contributed by atoms with van der Waals surface area (Å²) in [5.41, 5.74) is 0. The van der Waals surface area contributed by atoms with Crippen LogP contribution in [0.2, 0.25) is 0 Å². The van der Waals surface area contributed by atoms with Gasteiger partial charge in [-0.15, -0.1) is 0 Å². The minimum Gasteiger partial charge on any atom is -0.481 e. The molecule has 0 fully saturated rings. The molecule has 1 amide bonds. The predicted octanol–water partition coefficient (Wildman–Crippen LogP) is 1.87. The number of amides is 1. The van der Waals surface area contributed by atoms with E-state index >= 15 is 0 Å². The first-order valence-electron chi connectivity index (χ1n) is 6.38. The van der Waals surface area contributed by atoms with E-state index in [1.807, 2.05) is 0 Å². The standard InChI is InChI=1S/C14H19F2NO3/c1-8(7-18)9(2)17-14(19)10(3)20-11-4-5-12(15)13(16)6-11/h4-6,8-10,18H,7H2,1-3H3,(H,17,19). The van der Waals surface area contributed by atoms with Crippen LogP contribution in [-0.2, 0) is 4.79 Å². The Morgan fingerprint density at radius 1 is 1.30 bits per heavy atom. The highest BCUT2D eigenvalue weighted by molar-refractivity contribution is 5.81. The molecule has 3 atom stereocenters. The maximum atomic E-state index is 13.0. The molecule has 0 aliphatic carbocycles. The van der Waals surface area contributed by atoms with E-state index < -0.39 is 17.7 Å². The van der Waals surface area contributed by atoms with Crippen LogP contribution in [0, 0.1) is 17.6 Å². The first-order valence-corrected chi connectivity index (χ1v) is 6.38. The minimum absolute atomic E-state index is 0.0418. The Hall–Kier alpha value is -1.69. The Bertz CT molecular complexity index is 468. The lowest BCUT2D eigenvalue weighted by atomic mass is 10.1. The van der Waals surface area contributed by atoms with Crippen molar-refractivity contribution in [1.29, 1.82) is 0 Å². The van der Waals surface area contributed by atoms with Crippen LogP contribution in [0.5, 0.6) is 5.75 Å². The molecule has 0 aromatic heterocycles. The predicted molar refractivity (Wildman–Crippen MR) is 70.3 cm³/mol. The quantitative estimate of drug-likeness (QED) is 0.839. The molecule has 0 heterocycles. The summed E-state index contributed by atoms with van der Waals surface area (Å²) >= 11 is 0. The summed E-state index contributed by atoms with van der Waals surface area (Å²) in [6.07, 6.45) is -0.854. The second kappa shape index (κ2) is 7.19. The number of rotatable bonds is 6. The molecule has 4 nitrogen and oxygen atoms in total. The topological polar surface area (TPSA) is 58.6 Å². The lowest BCUT2D eigenvalue weighted by molar-refractivity contribution is -0.128. The normalized spacial score (nSPS) is 15.3.